The second-order valence-electron chi connectivity index (χ2n) is 5.02. The van der Waals surface area contributed by atoms with Crippen LogP contribution < -0.4 is 15.9 Å². The van der Waals surface area contributed by atoms with Crippen molar-refractivity contribution in [2.24, 2.45) is 0 Å². The Hall–Kier alpha value is -1.18. The quantitative estimate of drug-likeness (QED) is 0.443. The molecule has 0 spiro atoms. The number of benzene rings is 3. The van der Waals surface area contributed by atoms with Gasteiger partial charge in [-0.1, -0.05) is 0 Å². The molecule has 21 heavy (non-hydrogen) atoms. The Bertz CT molecular complexity index is 718. The van der Waals surface area contributed by atoms with Crippen LogP contribution in [-0.2, 0) is 0 Å². The van der Waals surface area contributed by atoms with Crippen LogP contribution >= 0.6 is 26.3 Å². The van der Waals surface area contributed by atoms with Gasteiger partial charge in [0, 0.05) is 0 Å². The van der Waals surface area contributed by atoms with E-state index >= 15 is 0 Å². The summed E-state index contributed by atoms with van der Waals surface area (Å²) >= 11 is 2.28. The molecule has 106 valence electrons. The van der Waals surface area contributed by atoms with Crippen LogP contribution in [0.25, 0.3) is 0 Å². The van der Waals surface area contributed by atoms with E-state index in [1.165, 1.54) is 0 Å². The minimum atomic E-state index is -3.67. The average Bonchev–Trinajstić information content (AvgIpc) is 2.62. The number of rotatable bonds is 3. The summed E-state index contributed by atoms with van der Waals surface area (Å²) in [5, 5.41) is 2.63. The first-order valence-electron chi connectivity index (χ1n) is 8.30. The molecule has 0 unspecified atom stereocenters. The summed E-state index contributed by atoms with van der Waals surface area (Å²) in [6.45, 7) is -2.17. The summed E-state index contributed by atoms with van der Waals surface area (Å²) < 4.78 is 22.2. The maximum atomic E-state index is 8.63. The molecule has 0 atom stereocenters. The van der Waals surface area contributed by atoms with E-state index in [2.05, 4.69) is 22.0 Å². The van der Waals surface area contributed by atoms with Gasteiger partial charge < -0.3 is 0 Å². The van der Waals surface area contributed by atoms with Gasteiger partial charge in [0.1, 0.15) is 0 Å². The van der Waals surface area contributed by atoms with Crippen LogP contribution in [0.3, 0.4) is 0 Å². The summed E-state index contributed by atoms with van der Waals surface area (Å²) in [5.74, 6) is 0. The van der Waals surface area contributed by atoms with Crippen molar-refractivity contribution in [3.8, 4) is 0 Å². The molecule has 0 radical (unpaired) electrons. The van der Waals surface area contributed by atoms with Crippen LogP contribution in [0.4, 0.5) is 0 Å². The van der Waals surface area contributed by atoms with Crippen molar-refractivity contribution >= 4 is 42.2 Å². The first-order chi connectivity index (χ1) is 11.4. The van der Waals surface area contributed by atoms with Crippen LogP contribution in [0.2, 0.25) is 0 Å². The molecule has 2 heteroatoms. The number of hydrogen-bond acceptors (Lipinski definition) is 0. The summed E-state index contributed by atoms with van der Waals surface area (Å²) in [7, 11) is 0. The van der Waals surface area contributed by atoms with Crippen molar-refractivity contribution in [2.75, 3.05) is 6.59 Å². The predicted molar refractivity (Wildman–Crippen MR) is 105 cm³/mol. The Morgan fingerprint density at radius 1 is 0.619 bits per heavy atom. The van der Waals surface area contributed by atoms with Gasteiger partial charge in [-0.15, -0.1) is 0 Å². The second kappa shape index (κ2) is 5.55. The molecule has 0 saturated carbocycles. The Morgan fingerprint density at radius 2 is 0.905 bits per heavy atom. The van der Waals surface area contributed by atoms with Crippen LogP contribution in [0.15, 0.2) is 91.0 Å². The Morgan fingerprint density at radius 3 is 1.14 bits per heavy atom. The molecule has 0 aliphatic heterocycles. The van der Waals surface area contributed by atoms with Crippen LogP contribution in [0.5, 0.6) is 0 Å². The first-order valence-corrected chi connectivity index (χ1v) is 11.8. The molecular weight excluding hydrogens is 386 g/mol. The molecule has 0 aliphatic carbocycles. The molecule has 0 aliphatic rings. The summed E-state index contributed by atoms with van der Waals surface area (Å²) in [4.78, 5) is 0. The van der Waals surface area contributed by atoms with Gasteiger partial charge in [-0.05, 0) is 0 Å². The van der Waals surface area contributed by atoms with E-state index in [1.54, 1.807) is 0 Å². The van der Waals surface area contributed by atoms with Crippen molar-refractivity contribution in [1.82, 2.24) is 0 Å². The fourth-order valence-electron chi connectivity index (χ4n) is 2.57. The van der Waals surface area contributed by atoms with Gasteiger partial charge in [-0.25, -0.2) is 0 Å². The van der Waals surface area contributed by atoms with E-state index < -0.39 is 10.8 Å². The molecule has 0 amide bonds. The molecule has 0 bridgehead atoms. The summed E-state index contributed by atoms with van der Waals surface area (Å²) in [6, 6.07) is 29.1. The van der Waals surface area contributed by atoms with Crippen molar-refractivity contribution in [2.45, 2.75) is 0 Å². The van der Waals surface area contributed by atoms with E-state index in [4.69, 9.17) is 4.11 Å². The summed E-state index contributed by atoms with van der Waals surface area (Å²) in [5.41, 5.74) is 0. The van der Waals surface area contributed by atoms with Gasteiger partial charge in [-0.2, -0.15) is 0 Å². The van der Waals surface area contributed by atoms with Gasteiger partial charge in [-0.3, -0.25) is 0 Å². The third-order valence-corrected chi connectivity index (χ3v) is 12.5. The second-order valence-corrected chi connectivity index (χ2v) is 14.4. The van der Waals surface area contributed by atoms with Gasteiger partial charge in [0.2, 0.25) is 0 Å². The van der Waals surface area contributed by atoms with Crippen LogP contribution in [0, 0.1) is 0 Å². The van der Waals surface area contributed by atoms with E-state index in [0.29, 0.717) is 0 Å². The van der Waals surface area contributed by atoms with E-state index in [1.807, 2.05) is 91.0 Å². The molecule has 0 nitrogen and oxygen atoms in total. The zero-order chi connectivity index (χ0) is 17.3. The molecule has 0 fully saturated rings. The molecule has 3 aromatic carbocycles. The zero-order valence-corrected chi connectivity index (χ0v) is 14.5. The van der Waals surface area contributed by atoms with Crippen LogP contribution in [0.1, 0.15) is 4.11 Å². The summed E-state index contributed by atoms with van der Waals surface area (Å²) in [6.07, 6.45) is 0. The van der Waals surface area contributed by atoms with Crippen molar-refractivity contribution in [3.63, 3.8) is 0 Å². The standard InChI is InChI=1S/C19H18IP/c1-21(20,17-11-5-2-6-12-17,18-13-7-3-8-14-18)19-15-9-4-10-16-19/h2-16H,1H3/i1D3. The van der Waals surface area contributed by atoms with E-state index in [0.717, 1.165) is 15.9 Å². The van der Waals surface area contributed by atoms with E-state index in [9.17, 15) is 0 Å². The topological polar surface area (TPSA) is 0 Å². The van der Waals surface area contributed by atoms with Gasteiger partial charge in [0.05, 0.1) is 0 Å². The van der Waals surface area contributed by atoms with Gasteiger partial charge in [0.25, 0.3) is 0 Å². The molecule has 0 saturated heterocycles. The predicted octanol–water partition coefficient (Wildman–Crippen LogP) is 4.50. The first kappa shape index (κ1) is 11.4. The van der Waals surface area contributed by atoms with Crippen molar-refractivity contribution < 1.29 is 4.11 Å². The third kappa shape index (κ3) is 2.43. The molecule has 3 rings (SSSR count). The molecule has 0 aromatic heterocycles. The van der Waals surface area contributed by atoms with Crippen LogP contribution in [-0.4, -0.2) is 6.59 Å². The third-order valence-electron chi connectivity index (χ3n) is 3.72. The average molecular weight is 407 g/mol. The fraction of sp³-hybridized carbons (Fsp3) is 0.0526. The maximum absolute atomic E-state index is 8.63. The number of halogens is 1. The SMILES string of the molecule is [2H]C([2H])([2H])P(I)(c1ccccc1)(c1ccccc1)c1ccccc1. The Labute approximate surface area is 143 Å². The normalized spacial score (nSPS) is 16.0. The number of hydrogen-bond donors (Lipinski definition) is 0. The molecule has 3 aromatic rings. The fourth-order valence-corrected chi connectivity index (χ4v) is 8.56. The molecule has 0 N–H and O–H groups in total. The van der Waals surface area contributed by atoms with E-state index in [-0.39, 0.29) is 0 Å². The molecule has 0 heterocycles. The Kier molecular flexibility index (Phi) is 3.01. The van der Waals surface area contributed by atoms with Gasteiger partial charge in [0.15, 0.2) is 0 Å². The Balaban J connectivity index is 2.53. The van der Waals surface area contributed by atoms with Crippen molar-refractivity contribution in [3.05, 3.63) is 91.0 Å². The zero-order valence-electron chi connectivity index (χ0n) is 14.5. The monoisotopic (exact) mass is 407 g/mol. The molecular formula is C19H18IP. The van der Waals surface area contributed by atoms with Crippen molar-refractivity contribution in [1.29, 1.82) is 0 Å². The van der Waals surface area contributed by atoms with Gasteiger partial charge >= 0.3 is 144 Å². The minimum absolute atomic E-state index is 0.876.